The standard InChI is InChI=1S/C28H34ClN9O4S/c1-15-13-19(16(2)30-21-7-8-22(29)32-24(21)26(39)35-43(6,41)42)23-20(14-15)27(40)36(4)28(33-23)38-11-9-18(10-12-38)25-31-17(3)37(5)34-25/h7-8,13-14,16,18,30H,9-12H2,1-6H3,(H,35,39)/t16-/m1/s1. The number of amides is 1. The van der Waals surface area contributed by atoms with Gasteiger partial charge < -0.3 is 10.2 Å². The Morgan fingerprint density at radius 2 is 1.79 bits per heavy atom. The highest BCUT2D eigenvalue weighted by Crippen LogP contribution is 2.31. The van der Waals surface area contributed by atoms with E-state index >= 15 is 0 Å². The van der Waals surface area contributed by atoms with Gasteiger partial charge in [-0.1, -0.05) is 17.7 Å². The molecule has 3 aromatic heterocycles. The molecule has 1 amide bonds. The largest absolute Gasteiger partial charge is 0.377 e. The zero-order valence-electron chi connectivity index (χ0n) is 24.8. The number of halogens is 1. The summed E-state index contributed by atoms with van der Waals surface area (Å²) in [6.07, 6.45) is 2.54. The van der Waals surface area contributed by atoms with Crippen molar-refractivity contribution in [2.45, 2.75) is 45.6 Å². The van der Waals surface area contributed by atoms with Gasteiger partial charge in [0.25, 0.3) is 11.5 Å². The van der Waals surface area contributed by atoms with Crippen molar-refractivity contribution in [2.24, 2.45) is 14.1 Å². The van der Waals surface area contributed by atoms with Crippen LogP contribution in [0.2, 0.25) is 5.15 Å². The lowest BCUT2D eigenvalue weighted by molar-refractivity contribution is 0.0977. The Labute approximate surface area is 254 Å². The maximum absolute atomic E-state index is 13.6. The molecule has 1 aliphatic heterocycles. The van der Waals surface area contributed by atoms with Crippen LogP contribution in [0.5, 0.6) is 0 Å². The molecule has 4 heterocycles. The summed E-state index contributed by atoms with van der Waals surface area (Å²) in [6.45, 7) is 7.09. The third-order valence-electron chi connectivity index (χ3n) is 7.66. The van der Waals surface area contributed by atoms with Gasteiger partial charge in [-0.2, -0.15) is 5.10 Å². The smallest absolute Gasteiger partial charge is 0.285 e. The molecule has 1 fully saturated rings. The van der Waals surface area contributed by atoms with E-state index in [0.29, 0.717) is 29.9 Å². The molecule has 0 unspecified atom stereocenters. The summed E-state index contributed by atoms with van der Waals surface area (Å²) in [5.41, 5.74) is 2.08. The highest BCUT2D eigenvalue weighted by Gasteiger charge is 2.27. The van der Waals surface area contributed by atoms with Crippen LogP contribution in [-0.4, -0.2) is 63.0 Å². The predicted molar refractivity (Wildman–Crippen MR) is 165 cm³/mol. The monoisotopic (exact) mass is 627 g/mol. The van der Waals surface area contributed by atoms with Gasteiger partial charge in [-0.25, -0.2) is 28.1 Å². The number of nitrogens with one attached hydrogen (secondary N) is 2. The summed E-state index contributed by atoms with van der Waals surface area (Å²) in [6, 6.07) is 6.37. The highest BCUT2D eigenvalue weighted by molar-refractivity contribution is 7.89. The van der Waals surface area contributed by atoms with Crippen molar-refractivity contribution in [1.29, 1.82) is 0 Å². The summed E-state index contributed by atoms with van der Waals surface area (Å²) < 4.78 is 28.7. The van der Waals surface area contributed by atoms with Crippen LogP contribution < -0.4 is 20.5 Å². The number of piperidine rings is 1. The summed E-state index contributed by atoms with van der Waals surface area (Å²) in [7, 11) is -0.211. The molecule has 15 heteroatoms. The Hall–Kier alpha value is -4.04. The van der Waals surface area contributed by atoms with Crippen LogP contribution >= 0.6 is 11.6 Å². The molecule has 13 nitrogen and oxygen atoms in total. The van der Waals surface area contributed by atoms with Crippen molar-refractivity contribution < 1.29 is 13.2 Å². The van der Waals surface area contributed by atoms with E-state index < -0.39 is 22.0 Å². The molecule has 0 aliphatic carbocycles. The first-order chi connectivity index (χ1) is 20.2. The number of hydrogen-bond acceptors (Lipinski definition) is 10. The molecular weight excluding hydrogens is 594 g/mol. The molecule has 0 radical (unpaired) electrons. The zero-order chi connectivity index (χ0) is 31.2. The second kappa shape index (κ2) is 11.6. The lowest BCUT2D eigenvalue weighted by Gasteiger charge is -2.32. The Morgan fingerprint density at radius 3 is 2.42 bits per heavy atom. The number of sulfonamides is 1. The summed E-state index contributed by atoms with van der Waals surface area (Å²) in [5, 5.41) is 8.32. The average Bonchev–Trinajstić information content (AvgIpc) is 3.28. The fourth-order valence-corrected chi connectivity index (χ4v) is 5.98. The Kier molecular flexibility index (Phi) is 8.18. The molecule has 0 bridgehead atoms. The highest BCUT2D eigenvalue weighted by atomic mass is 35.5. The maximum atomic E-state index is 13.6. The molecule has 228 valence electrons. The number of hydrogen-bond donors (Lipinski definition) is 2. The minimum absolute atomic E-state index is 0.0328. The third-order valence-corrected chi connectivity index (χ3v) is 8.43. The van der Waals surface area contributed by atoms with Crippen molar-refractivity contribution in [3.8, 4) is 0 Å². The van der Waals surface area contributed by atoms with Crippen LogP contribution in [0.15, 0.2) is 29.1 Å². The summed E-state index contributed by atoms with van der Waals surface area (Å²) in [5.74, 6) is 1.61. The quantitative estimate of drug-likeness (QED) is 0.292. The number of anilines is 2. The molecule has 0 saturated carbocycles. The molecule has 1 saturated heterocycles. The third kappa shape index (κ3) is 6.34. The van der Waals surface area contributed by atoms with Crippen molar-refractivity contribution in [3.63, 3.8) is 0 Å². The van der Waals surface area contributed by atoms with E-state index in [0.717, 1.165) is 41.9 Å². The first-order valence-corrected chi connectivity index (χ1v) is 16.1. The van der Waals surface area contributed by atoms with Crippen molar-refractivity contribution in [2.75, 3.05) is 29.6 Å². The second-order valence-electron chi connectivity index (χ2n) is 11.0. The normalized spacial score (nSPS) is 15.1. The fraction of sp³-hybridized carbons (Fsp3) is 0.429. The Morgan fingerprint density at radius 1 is 1.09 bits per heavy atom. The lowest BCUT2D eigenvalue weighted by atomic mass is 9.96. The number of rotatable bonds is 7. The molecule has 5 rings (SSSR count). The molecule has 0 spiro atoms. The van der Waals surface area contributed by atoms with Crippen LogP contribution in [0.1, 0.15) is 65.0 Å². The van der Waals surface area contributed by atoms with Crippen molar-refractivity contribution in [3.05, 3.63) is 68.2 Å². The van der Waals surface area contributed by atoms with Crippen LogP contribution in [0.25, 0.3) is 10.9 Å². The van der Waals surface area contributed by atoms with Gasteiger partial charge in [0.15, 0.2) is 11.5 Å². The van der Waals surface area contributed by atoms with Gasteiger partial charge in [0.05, 0.1) is 28.9 Å². The molecule has 1 aromatic carbocycles. The molecular formula is C28H34ClN9O4S. The van der Waals surface area contributed by atoms with E-state index in [1.54, 1.807) is 22.4 Å². The van der Waals surface area contributed by atoms with Crippen LogP contribution in [-0.2, 0) is 24.1 Å². The number of benzene rings is 1. The van der Waals surface area contributed by atoms with Gasteiger partial charge in [-0.15, -0.1) is 0 Å². The molecule has 4 aromatic rings. The van der Waals surface area contributed by atoms with Gasteiger partial charge in [-0.3, -0.25) is 18.8 Å². The number of carbonyl (C=O) groups excluding carboxylic acids is 1. The van der Waals surface area contributed by atoms with Crippen LogP contribution in [0.3, 0.4) is 0 Å². The van der Waals surface area contributed by atoms with Crippen LogP contribution in [0, 0.1) is 13.8 Å². The number of carbonyl (C=O) groups is 1. The SMILES string of the molecule is Cc1cc([C@@H](C)Nc2ccc(Cl)nc2C(=O)NS(C)(=O)=O)c2nc(N3CCC(c4nc(C)n(C)n4)CC3)n(C)c(=O)c2c1. The topological polar surface area (TPSA) is 157 Å². The van der Waals surface area contributed by atoms with Gasteiger partial charge in [0, 0.05) is 38.7 Å². The minimum atomic E-state index is -3.83. The zero-order valence-corrected chi connectivity index (χ0v) is 26.4. The predicted octanol–water partition coefficient (Wildman–Crippen LogP) is 2.97. The molecule has 43 heavy (non-hydrogen) atoms. The number of pyridine rings is 1. The Bertz CT molecular complexity index is 1880. The average molecular weight is 628 g/mol. The van der Waals surface area contributed by atoms with E-state index in [1.165, 1.54) is 6.07 Å². The summed E-state index contributed by atoms with van der Waals surface area (Å²) in [4.78, 5) is 42.2. The Balaban J connectivity index is 1.48. The first-order valence-electron chi connectivity index (χ1n) is 13.8. The maximum Gasteiger partial charge on any atom is 0.285 e. The van der Waals surface area contributed by atoms with E-state index in [1.807, 2.05) is 44.7 Å². The fourth-order valence-electron chi connectivity index (χ4n) is 5.40. The summed E-state index contributed by atoms with van der Waals surface area (Å²) >= 11 is 6.03. The van der Waals surface area contributed by atoms with Crippen LogP contribution in [0.4, 0.5) is 11.6 Å². The van der Waals surface area contributed by atoms with Gasteiger partial charge >= 0.3 is 0 Å². The lowest BCUT2D eigenvalue weighted by Crippen LogP contribution is -2.38. The minimum Gasteiger partial charge on any atom is -0.377 e. The second-order valence-corrected chi connectivity index (χ2v) is 13.2. The van der Waals surface area contributed by atoms with Gasteiger partial charge in [0.2, 0.25) is 16.0 Å². The number of aromatic nitrogens is 6. The van der Waals surface area contributed by atoms with Gasteiger partial charge in [-0.05, 0) is 57.4 Å². The van der Waals surface area contributed by atoms with E-state index in [2.05, 4.69) is 25.3 Å². The molecule has 1 aliphatic rings. The first kappa shape index (κ1) is 30.4. The van der Waals surface area contributed by atoms with E-state index in [4.69, 9.17) is 16.6 Å². The van der Waals surface area contributed by atoms with Crippen molar-refractivity contribution in [1.82, 2.24) is 34.0 Å². The molecule has 1 atom stereocenters. The van der Waals surface area contributed by atoms with E-state index in [9.17, 15) is 18.0 Å². The number of fused-ring (bicyclic) bond motifs is 1. The molecule has 2 N–H and O–H groups in total. The number of aryl methyl sites for hydroxylation is 3. The van der Waals surface area contributed by atoms with Gasteiger partial charge in [0.1, 0.15) is 11.0 Å². The number of nitrogens with zero attached hydrogens (tertiary/aromatic N) is 7. The van der Waals surface area contributed by atoms with Crippen molar-refractivity contribution >= 4 is 50.1 Å². The van der Waals surface area contributed by atoms with E-state index in [-0.39, 0.29) is 28.0 Å².